The molecule has 13 heavy (non-hydrogen) atoms. The summed E-state index contributed by atoms with van der Waals surface area (Å²) in [6.45, 7) is 0.451. The van der Waals surface area contributed by atoms with Crippen molar-refractivity contribution in [3.63, 3.8) is 0 Å². The van der Waals surface area contributed by atoms with Gasteiger partial charge in [0.05, 0.1) is 0 Å². The van der Waals surface area contributed by atoms with Crippen molar-refractivity contribution >= 4 is 17.4 Å². The van der Waals surface area contributed by atoms with Crippen molar-refractivity contribution in [2.75, 3.05) is 0 Å². The first kappa shape index (κ1) is 7.94. The zero-order valence-electron chi connectivity index (χ0n) is 6.86. The summed E-state index contributed by atoms with van der Waals surface area (Å²) < 4.78 is 5.12. The molecule has 2 aromatic rings. The summed E-state index contributed by atoms with van der Waals surface area (Å²) in [6, 6.07) is 5.43. The van der Waals surface area contributed by atoms with E-state index in [4.69, 9.17) is 10.2 Å². The molecule has 2 N–H and O–H groups in total. The number of rotatable bonds is 2. The number of benzene rings is 1. The van der Waals surface area contributed by atoms with Gasteiger partial charge in [-0.3, -0.25) is 4.79 Å². The Labute approximate surface area is 74.4 Å². The predicted octanol–water partition coefficient (Wildman–Crippen LogP) is 1.10. The van der Waals surface area contributed by atoms with E-state index >= 15 is 0 Å². The lowest BCUT2D eigenvalue weighted by atomic mass is 10.2. The molecule has 0 aliphatic carbocycles. The molecular weight excluding hydrogens is 168 g/mol. The molecule has 2 rings (SSSR count). The Hall–Kier alpha value is -1.68. The van der Waals surface area contributed by atoms with Crippen LogP contribution in [-0.2, 0) is 6.54 Å². The van der Waals surface area contributed by atoms with Gasteiger partial charge in [0.15, 0.2) is 5.58 Å². The normalized spacial score (nSPS) is 10.5. The molecule has 1 heterocycles. The van der Waals surface area contributed by atoms with Crippen LogP contribution in [0.2, 0.25) is 0 Å². The molecule has 0 unspecified atom stereocenters. The molecule has 0 fully saturated rings. The SMILES string of the molecule is NCc1ccc2nc(C=O)oc2c1. The molecule has 0 saturated carbocycles. The average Bonchev–Trinajstić information content (AvgIpc) is 2.58. The van der Waals surface area contributed by atoms with Crippen LogP contribution in [0.25, 0.3) is 11.1 Å². The maximum Gasteiger partial charge on any atom is 0.260 e. The third-order valence-corrected chi connectivity index (χ3v) is 1.81. The fourth-order valence-electron chi connectivity index (χ4n) is 1.16. The van der Waals surface area contributed by atoms with Crippen molar-refractivity contribution in [2.24, 2.45) is 5.73 Å². The highest BCUT2D eigenvalue weighted by Crippen LogP contribution is 2.15. The fourth-order valence-corrected chi connectivity index (χ4v) is 1.16. The number of nitrogens with zero attached hydrogens (tertiary/aromatic N) is 1. The molecule has 0 bridgehead atoms. The van der Waals surface area contributed by atoms with E-state index in [1.54, 1.807) is 12.1 Å². The van der Waals surface area contributed by atoms with Crippen molar-refractivity contribution in [3.05, 3.63) is 29.7 Å². The highest BCUT2D eigenvalue weighted by atomic mass is 16.4. The van der Waals surface area contributed by atoms with Crippen LogP contribution in [0.1, 0.15) is 16.2 Å². The van der Waals surface area contributed by atoms with Gasteiger partial charge in [0.25, 0.3) is 5.89 Å². The quantitative estimate of drug-likeness (QED) is 0.695. The number of aldehydes is 1. The Kier molecular flexibility index (Phi) is 1.83. The molecule has 0 amide bonds. The molecule has 66 valence electrons. The highest BCUT2D eigenvalue weighted by molar-refractivity contribution is 5.79. The van der Waals surface area contributed by atoms with E-state index in [-0.39, 0.29) is 5.89 Å². The summed E-state index contributed by atoms with van der Waals surface area (Å²) in [7, 11) is 0. The molecule has 1 aromatic carbocycles. The number of fused-ring (bicyclic) bond motifs is 1. The van der Waals surface area contributed by atoms with Crippen molar-refractivity contribution in [3.8, 4) is 0 Å². The molecule has 0 atom stereocenters. The number of hydrogen-bond donors (Lipinski definition) is 1. The van der Waals surface area contributed by atoms with Crippen LogP contribution in [0.4, 0.5) is 0 Å². The highest BCUT2D eigenvalue weighted by Gasteiger charge is 2.04. The Bertz CT molecular complexity index is 448. The van der Waals surface area contributed by atoms with Crippen LogP contribution in [0.5, 0.6) is 0 Å². The zero-order valence-corrected chi connectivity index (χ0v) is 6.86. The molecule has 0 radical (unpaired) electrons. The van der Waals surface area contributed by atoms with Crippen LogP contribution >= 0.6 is 0 Å². The van der Waals surface area contributed by atoms with Crippen molar-refractivity contribution < 1.29 is 9.21 Å². The maximum absolute atomic E-state index is 10.3. The molecule has 0 aliphatic heterocycles. The van der Waals surface area contributed by atoms with E-state index in [2.05, 4.69) is 4.98 Å². The Morgan fingerprint density at radius 3 is 3.08 bits per heavy atom. The minimum Gasteiger partial charge on any atom is -0.434 e. The molecular formula is C9H8N2O2. The van der Waals surface area contributed by atoms with E-state index in [9.17, 15) is 4.79 Å². The van der Waals surface area contributed by atoms with E-state index in [0.717, 1.165) is 5.56 Å². The smallest absolute Gasteiger partial charge is 0.260 e. The number of aromatic nitrogens is 1. The van der Waals surface area contributed by atoms with Gasteiger partial charge in [0.1, 0.15) is 5.52 Å². The van der Waals surface area contributed by atoms with Gasteiger partial charge in [-0.2, -0.15) is 0 Å². The topological polar surface area (TPSA) is 69.1 Å². The number of carbonyl (C=O) groups is 1. The minimum atomic E-state index is 0.101. The standard InChI is InChI=1S/C9H8N2O2/c10-4-6-1-2-7-8(3-6)13-9(5-12)11-7/h1-3,5H,4,10H2. The van der Waals surface area contributed by atoms with Crippen molar-refractivity contribution in [1.29, 1.82) is 0 Å². The van der Waals surface area contributed by atoms with Gasteiger partial charge >= 0.3 is 0 Å². The van der Waals surface area contributed by atoms with Crippen LogP contribution in [0.15, 0.2) is 22.6 Å². The maximum atomic E-state index is 10.3. The summed E-state index contributed by atoms with van der Waals surface area (Å²) in [5, 5.41) is 0. The van der Waals surface area contributed by atoms with Crippen LogP contribution in [0.3, 0.4) is 0 Å². The van der Waals surface area contributed by atoms with Crippen LogP contribution < -0.4 is 5.73 Å². The summed E-state index contributed by atoms with van der Waals surface area (Å²) in [5.41, 5.74) is 7.69. The van der Waals surface area contributed by atoms with E-state index in [1.165, 1.54) is 0 Å². The summed E-state index contributed by atoms with van der Waals surface area (Å²) >= 11 is 0. The second-order valence-corrected chi connectivity index (χ2v) is 2.68. The molecule has 1 aromatic heterocycles. The monoisotopic (exact) mass is 176 g/mol. The molecule has 0 aliphatic rings. The average molecular weight is 176 g/mol. The summed E-state index contributed by atoms with van der Waals surface area (Å²) in [6.07, 6.45) is 0.585. The van der Waals surface area contributed by atoms with Gasteiger partial charge < -0.3 is 10.2 Å². The third kappa shape index (κ3) is 1.31. The van der Waals surface area contributed by atoms with Gasteiger partial charge in [-0.15, -0.1) is 0 Å². The Balaban J connectivity index is 2.63. The fraction of sp³-hybridized carbons (Fsp3) is 0.111. The van der Waals surface area contributed by atoms with Gasteiger partial charge in [-0.05, 0) is 17.7 Å². The van der Waals surface area contributed by atoms with Gasteiger partial charge in [-0.25, -0.2) is 4.98 Å². The van der Waals surface area contributed by atoms with Gasteiger partial charge in [-0.1, -0.05) is 6.07 Å². The predicted molar refractivity (Wildman–Crippen MR) is 47.3 cm³/mol. The van der Waals surface area contributed by atoms with E-state index in [0.29, 0.717) is 23.9 Å². The number of oxazole rings is 1. The van der Waals surface area contributed by atoms with Crippen molar-refractivity contribution in [2.45, 2.75) is 6.54 Å². The summed E-state index contributed by atoms with van der Waals surface area (Å²) in [4.78, 5) is 14.3. The second kappa shape index (κ2) is 2.99. The Morgan fingerprint density at radius 1 is 1.54 bits per heavy atom. The largest absolute Gasteiger partial charge is 0.434 e. The summed E-state index contributed by atoms with van der Waals surface area (Å²) in [5.74, 6) is 0.101. The number of carbonyl (C=O) groups excluding carboxylic acids is 1. The third-order valence-electron chi connectivity index (χ3n) is 1.81. The Morgan fingerprint density at radius 2 is 2.38 bits per heavy atom. The lowest BCUT2D eigenvalue weighted by molar-refractivity contribution is 0.109. The molecule has 4 heteroatoms. The van der Waals surface area contributed by atoms with Crippen molar-refractivity contribution in [1.82, 2.24) is 4.98 Å². The first-order valence-corrected chi connectivity index (χ1v) is 3.88. The molecule has 0 spiro atoms. The van der Waals surface area contributed by atoms with E-state index in [1.807, 2.05) is 6.07 Å². The van der Waals surface area contributed by atoms with Gasteiger partial charge in [0.2, 0.25) is 6.29 Å². The number of nitrogens with two attached hydrogens (primary N) is 1. The molecule has 4 nitrogen and oxygen atoms in total. The lowest BCUT2D eigenvalue weighted by Gasteiger charge is -1.92. The van der Waals surface area contributed by atoms with Crippen LogP contribution in [-0.4, -0.2) is 11.3 Å². The second-order valence-electron chi connectivity index (χ2n) is 2.68. The van der Waals surface area contributed by atoms with E-state index < -0.39 is 0 Å². The van der Waals surface area contributed by atoms with Gasteiger partial charge in [0, 0.05) is 6.54 Å². The molecule has 0 saturated heterocycles. The lowest BCUT2D eigenvalue weighted by Crippen LogP contribution is -1.94. The zero-order chi connectivity index (χ0) is 9.26. The van der Waals surface area contributed by atoms with Crippen LogP contribution in [0, 0.1) is 0 Å². The number of hydrogen-bond acceptors (Lipinski definition) is 4. The first-order valence-electron chi connectivity index (χ1n) is 3.88. The minimum absolute atomic E-state index is 0.101. The first-order chi connectivity index (χ1) is 6.33.